The SMILES string of the molecule is CCN(CC)c1ccc(NC(=O)C2CC(=O)N(Cc3cccnc3)C2)c(C)c1. The van der Waals surface area contributed by atoms with Crippen molar-refractivity contribution in [2.45, 2.75) is 33.7 Å². The van der Waals surface area contributed by atoms with Crippen LogP contribution in [-0.2, 0) is 16.1 Å². The van der Waals surface area contributed by atoms with Gasteiger partial charge in [0.25, 0.3) is 0 Å². The van der Waals surface area contributed by atoms with Gasteiger partial charge in [-0.05, 0) is 56.2 Å². The summed E-state index contributed by atoms with van der Waals surface area (Å²) in [7, 11) is 0. The second-order valence-corrected chi connectivity index (χ2v) is 7.20. The first-order valence-electron chi connectivity index (χ1n) is 9.85. The number of nitrogens with one attached hydrogen (secondary N) is 1. The zero-order valence-electron chi connectivity index (χ0n) is 16.8. The summed E-state index contributed by atoms with van der Waals surface area (Å²) in [5, 5.41) is 3.01. The topological polar surface area (TPSA) is 65.5 Å². The first-order chi connectivity index (χ1) is 13.5. The Labute approximate surface area is 166 Å². The molecule has 2 heterocycles. The number of aryl methyl sites for hydroxylation is 1. The molecule has 1 unspecified atom stereocenters. The molecule has 2 amide bonds. The van der Waals surface area contributed by atoms with Crippen LogP contribution in [-0.4, -0.2) is 41.3 Å². The Hall–Kier alpha value is -2.89. The number of anilines is 2. The first kappa shape index (κ1) is 19.9. The lowest BCUT2D eigenvalue weighted by atomic mass is 10.1. The first-order valence-corrected chi connectivity index (χ1v) is 9.85. The summed E-state index contributed by atoms with van der Waals surface area (Å²) >= 11 is 0. The molecule has 1 aromatic carbocycles. The summed E-state index contributed by atoms with van der Waals surface area (Å²) in [6, 6.07) is 9.87. The summed E-state index contributed by atoms with van der Waals surface area (Å²) < 4.78 is 0. The van der Waals surface area contributed by atoms with Gasteiger partial charge in [0.15, 0.2) is 0 Å². The minimum absolute atomic E-state index is 0.0117. The third kappa shape index (κ3) is 4.50. The molecular weight excluding hydrogens is 352 g/mol. The lowest BCUT2D eigenvalue weighted by Crippen LogP contribution is -2.28. The van der Waals surface area contributed by atoms with Crippen LogP contribution in [0.5, 0.6) is 0 Å². The molecule has 0 aliphatic carbocycles. The second-order valence-electron chi connectivity index (χ2n) is 7.20. The van der Waals surface area contributed by atoms with Gasteiger partial charge in [0.05, 0.1) is 5.92 Å². The summed E-state index contributed by atoms with van der Waals surface area (Å²) in [5.41, 5.74) is 3.95. The Morgan fingerprint density at radius 2 is 2.07 bits per heavy atom. The Morgan fingerprint density at radius 1 is 1.29 bits per heavy atom. The fourth-order valence-electron chi connectivity index (χ4n) is 3.62. The zero-order chi connectivity index (χ0) is 20.1. The predicted octanol–water partition coefficient (Wildman–Crippen LogP) is 3.22. The Morgan fingerprint density at radius 3 is 2.71 bits per heavy atom. The van der Waals surface area contributed by atoms with Crippen LogP contribution in [0.15, 0.2) is 42.7 Å². The van der Waals surface area contributed by atoms with E-state index in [-0.39, 0.29) is 24.2 Å². The number of carbonyl (C=O) groups is 2. The second kappa shape index (κ2) is 8.87. The van der Waals surface area contributed by atoms with E-state index in [4.69, 9.17) is 0 Å². The van der Waals surface area contributed by atoms with Crippen molar-refractivity contribution >= 4 is 23.2 Å². The summed E-state index contributed by atoms with van der Waals surface area (Å²) in [6.45, 7) is 9.07. The maximum absolute atomic E-state index is 12.7. The number of likely N-dealkylation sites (tertiary alicyclic amines) is 1. The van der Waals surface area contributed by atoms with E-state index in [9.17, 15) is 9.59 Å². The minimum Gasteiger partial charge on any atom is -0.372 e. The number of benzene rings is 1. The van der Waals surface area contributed by atoms with Crippen LogP contribution in [0.1, 0.15) is 31.4 Å². The van der Waals surface area contributed by atoms with Crippen LogP contribution in [0.3, 0.4) is 0 Å². The summed E-state index contributed by atoms with van der Waals surface area (Å²) in [4.78, 5) is 33.1. The van der Waals surface area contributed by atoms with Crippen molar-refractivity contribution in [2.24, 2.45) is 5.92 Å². The Bertz CT molecular complexity index is 834. The molecule has 0 bridgehead atoms. The highest BCUT2D eigenvalue weighted by atomic mass is 16.2. The fourth-order valence-corrected chi connectivity index (χ4v) is 3.62. The highest BCUT2D eigenvalue weighted by Crippen LogP contribution is 2.25. The average molecular weight is 380 g/mol. The van der Waals surface area contributed by atoms with E-state index < -0.39 is 0 Å². The maximum Gasteiger partial charge on any atom is 0.229 e. The van der Waals surface area contributed by atoms with Gasteiger partial charge in [-0.2, -0.15) is 0 Å². The molecule has 1 N–H and O–H groups in total. The highest BCUT2D eigenvalue weighted by Gasteiger charge is 2.34. The normalized spacial score (nSPS) is 16.3. The van der Waals surface area contributed by atoms with Crippen LogP contribution < -0.4 is 10.2 Å². The smallest absolute Gasteiger partial charge is 0.229 e. The van der Waals surface area contributed by atoms with E-state index >= 15 is 0 Å². The van der Waals surface area contributed by atoms with Gasteiger partial charge < -0.3 is 15.1 Å². The van der Waals surface area contributed by atoms with E-state index in [2.05, 4.69) is 35.1 Å². The molecule has 3 rings (SSSR count). The van der Waals surface area contributed by atoms with Crippen molar-refractivity contribution in [3.63, 3.8) is 0 Å². The van der Waals surface area contributed by atoms with Gasteiger partial charge in [-0.1, -0.05) is 6.07 Å². The van der Waals surface area contributed by atoms with E-state index in [1.54, 1.807) is 17.3 Å². The molecule has 1 aliphatic heterocycles. The van der Waals surface area contributed by atoms with Crippen LogP contribution in [0.25, 0.3) is 0 Å². The number of aromatic nitrogens is 1. The molecule has 0 saturated carbocycles. The number of hydrogen-bond acceptors (Lipinski definition) is 4. The van der Waals surface area contributed by atoms with Crippen molar-refractivity contribution in [3.05, 3.63) is 53.9 Å². The van der Waals surface area contributed by atoms with Crippen molar-refractivity contribution in [3.8, 4) is 0 Å². The molecular formula is C22H28N4O2. The number of carbonyl (C=O) groups excluding carboxylic acids is 2. The molecule has 1 aliphatic rings. The monoisotopic (exact) mass is 380 g/mol. The third-order valence-corrected chi connectivity index (χ3v) is 5.28. The van der Waals surface area contributed by atoms with Gasteiger partial charge in [-0.25, -0.2) is 0 Å². The largest absolute Gasteiger partial charge is 0.372 e. The average Bonchev–Trinajstić information content (AvgIpc) is 3.06. The number of rotatable bonds is 7. The van der Waals surface area contributed by atoms with Gasteiger partial charge in [0, 0.05) is 56.4 Å². The predicted molar refractivity (Wildman–Crippen MR) is 111 cm³/mol. The quantitative estimate of drug-likeness (QED) is 0.801. The van der Waals surface area contributed by atoms with Gasteiger partial charge >= 0.3 is 0 Å². The molecule has 0 radical (unpaired) electrons. The van der Waals surface area contributed by atoms with Crippen molar-refractivity contribution < 1.29 is 9.59 Å². The highest BCUT2D eigenvalue weighted by molar-refractivity contribution is 5.97. The Balaban J connectivity index is 1.63. The lowest BCUT2D eigenvalue weighted by molar-refractivity contribution is -0.128. The van der Waals surface area contributed by atoms with Crippen molar-refractivity contribution in [2.75, 3.05) is 29.9 Å². The molecule has 1 fully saturated rings. The van der Waals surface area contributed by atoms with Gasteiger partial charge in [0.2, 0.25) is 11.8 Å². The van der Waals surface area contributed by atoms with E-state index in [0.29, 0.717) is 13.1 Å². The molecule has 28 heavy (non-hydrogen) atoms. The van der Waals surface area contributed by atoms with Gasteiger partial charge in [0.1, 0.15) is 0 Å². The molecule has 0 spiro atoms. The van der Waals surface area contributed by atoms with E-state index in [0.717, 1.165) is 35.6 Å². The van der Waals surface area contributed by atoms with Gasteiger partial charge in [-0.3, -0.25) is 14.6 Å². The van der Waals surface area contributed by atoms with Crippen molar-refractivity contribution in [1.29, 1.82) is 0 Å². The van der Waals surface area contributed by atoms with E-state index in [1.807, 2.05) is 31.2 Å². The number of nitrogens with zero attached hydrogens (tertiary/aromatic N) is 3. The lowest BCUT2D eigenvalue weighted by Gasteiger charge is -2.22. The van der Waals surface area contributed by atoms with Gasteiger partial charge in [-0.15, -0.1) is 0 Å². The number of pyridine rings is 1. The molecule has 6 heteroatoms. The van der Waals surface area contributed by atoms with Crippen LogP contribution >= 0.6 is 0 Å². The van der Waals surface area contributed by atoms with E-state index in [1.165, 1.54) is 0 Å². The van der Waals surface area contributed by atoms with Crippen LogP contribution in [0, 0.1) is 12.8 Å². The molecule has 148 valence electrons. The van der Waals surface area contributed by atoms with Crippen molar-refractivity contribution in [1.82, 2.24) is 9.88 Å². The fraction of sp³-hybridized carbons (Fsp3) is 0.409. The molecule has 6 nitrogen and oxygen atoms in total. The molecule has 1 saturated heterocycles. The van der Waals surface area contributed by atoms with Crippen LogP contribution in [0.2, 0.25) is 0 Å². The minimum atomic E-state index is -0.328. The summed E-state index contributed by atoms with van der Waals surface area (Å²) in [6.07, 6.45) is 3.71. The maximum atomic E-state index is 12.7. The number of amides is 2. The van der Waals surface area contributed by atoms with Crippen LogP contribution in [0.4, 0.5) is 11.4 Å². The summed E-state index contributed by atoms with van der Waals surface area (Å²) in [5.74, 6) is -0.413. The molecule has 1 atom stereocenters. The number of hydrogen-bond donors (Lipinski definition) is 1. The zero-order valence-corrected chi connectivity index (χ0v) is 16.8. The molecule has 2 aromatic rings. The Kier molecular flexibility index (Phi) is 6.29. The third-order valence-electron chi connectivity index (χ3n) is 5.28. The standard InChI is InChI=1S/C22H28N4O2/c1-4-25(5-2)19-8-9-20(16(3)11-19)24-22(28)18-12-21(27)26(15-18)14-17-7-6-10-23-13-17/h6-11,13,18H,4-5,12,14-15H2,1-3H3,(H,24,28). The molecule has 1 aromatic heterocycles.